The molecule has 0 aliphatic heterocycles. The third kappa shape index (κ3) is 4.35. The van der Waals surface area contributed by atoms with Gasteiger partial charge in [0.15, 0.2) is 14.9 Å². The number of carbonyl (C=O) groups is 1. The van der Waals surface area contributed by atoms with Crippen LogP contribution in [0.2, 0.25) is 0 Å². The zero-order valence-electron chi connectivity index (χ0n) is 11.2. The molecule has 1 aromatic carbocycles. The first-order valence-corrected chi connectivity index (χ1v) is 7.94. The molecular weight excluding hydrogens is 295 g/mol. The lowest BCUT2D eigenvalue weighted by Gasteiger charge is -2.06. The predicted molar refractivity (Wildman–Crippen MR) is 76.1 cm³/mol. The maximum absolute atomic E-state index is 13.0. The highest BCUT2D eigenvalue weighted by atomic mass is 32.2. The molecule has 0 fully saturated rings. The quantitative estimate of drug-likeness (QED) is 0.934. The first-order chi connectivity index (χ1) is 9.84. The lowest BCUT2D eigenvalue weighted by Crippen LogP contribution is -2.14. The van der Waals surface area contributed by atoms with Crippen LogP contribution in [0, 0.1) is 5.82 Å². The van der Waals surface area contributed by atoms with Crippen molar-refractivity contribution in [3.8, 4) is 0 Å². The van der Waals surface area contributed by atoms with Crippen LogP contribution in [0.3, 0.4) is 0 Å². The molecule has 5 nitrogen and oxygen atoms in total. The van der Waals surface area contributed by atoms with E-state index in [0.717, 1.165) is 6.26 Å². The van der Waals surface area contributed by atoms with Crippen molar-refractivity contribution in [1.29, 1.82) is 0 Å². The summed E-state index contributed by atoms with van der Waals surface area (Å²) in [7, 11) is -3.37. The van der Waals surface area contributed by atoms with Crippen LogP contribution in [-0.4, -0.2) is 25.6 Å². The Bertz CT molecular complexity index is 758. The first kappa shape index (κ1) is 15.1. The summed E-state index contributed by atoms with van der Waals surface area (Å²) in [6, 6.07) is 8.52. The van der Waals surface area contributed by atoms with E-state index in [1.165, 1.54) is 36.5 Å². The van der Waals surface area contributed by atoms with E-state index in [0.29, 0.717) is 11.3 Å². The van der Waals surface area contributed by atoms with Gasteiger partial charge >= 0.3 is 0 Å². The zero-order valence-corrected chi connectivity index (χ0v) is 12.0. The van der Waals surface area contributed by atoms with E-state index in [9.17, 15) is 17.6 Å². The molecule has 1 N–H and O–H groups in total. The summed E-state index contributed by atoms with van der Waals surface area (Å²) in [5.74, 6) is -0.742. The van der Waals surface area contributed by atoms with Crippen molar-refractivity contribution in [2.75, 3.05) is 11.6 Å². The molecule has 0 bridgehead atoms. The minimum absolute atomic E-state index is 0.0194. The first-order valence-electron chi connectivity index (χ1n) is 6.05. The normalized spacial score (nSPS) is 11.1. The summed E-state index contributed by atoms with van der Waals surface area (Å²) < 4.78 is 35.5. The zero-order chi connectivity index (χ0) is 15.5. The lowest BCUT2D eigenvalue weighted by atomic mass is 10.1. The second kappa shape index (κ2) is 6.01. The average molecular weight is 308 g/mol. The maximum Gasteiger partial charge on any atom is 0.228 e. The summed E-state index contributed by atoms with van der Waals surface area (Å²) in [6.45, 7) is 0. The molecule has 0 spiro atoms. The average Bonchev–Trinajstić information content (AvgIpc) is 2.38. The number of hydrogen-bond acceptors (Lipinski definition) is 4. The van der Waals surface area contributed by atoms with Crippen molar-refractivity contribution in [2.45, 2.75) is 11.4 Å². The molecule has 0 unspecified atom stereocenters. The van der Waals surface area contributed by atoms with Gasteiger partial charge in [0.05, 0.1) is 18.3 Å². The molecule has 0 atom stereocenters. The number of anilines is 1. The van der Waals surface area contributed by atoms with Gasteiger partial charge in [0.25, 0.3) is 0 Å². The Kier molecular flexibility index (Phi) is 4.32. The molecule has 1 heterocycles. The van der Waals surface area contributed by atoms with Gasteiger partial charge in [-0.05, 0) is 29.8 Å². The number of carbonyl (C=O) groups excluding carboxylic acids is 1. The SMILES string of the molecule is CS(=O)(=O)c1ccc(NC(=O)Cc2cccc(F)c2)cn1. The standard InChI is InChI=1S/C14H13FN2O3S/c1-21(19,20)14-6-5-12(9-16-14)17-13(18)8-10-3-2-4-11(15)7-10/h2-7,9H,8H2,1H3,(H,17,18). The molecular formula is C14H13FN2O3S. The monoisotopic (exact) mass is 308 g/mol. The second-order valence-electron chi connectivity index (χ2n) is 4.51. The summed E-state index contributed by atoms with van der Waals surface area (Å²) >= 11 is 0. The third-order valence-electron chi connectivity index (χ3n) is 2.65. The van der Waals surface area contributed by atoms with Crippen molar-refractivity contribution >= 4 is 21.4 Å². The number of amides is 1. The van der Waals surface area contributed by atoms with E-state index >= 15 is 0 Å². The fourth-order valence-corrected chi connectivity index (χ4v) is 2.27. The molecule has 0 aliphatic rings. The predicted octanol–water partition coefficient (Wildman–Crippen LogP) is 1.81. The van der Waals surface area contributed by atoms with Crippen LogP contribution in [0.5, 0.6) is 0 Å². The van der Waals surface area contributed by atoms with Crippen LogP contribution < -0.4 is 5.32 Å². The van der Waals surface area contributed by atoms with Crippen LogP contribution in [0.1, 0.15) is 5.56 Å². The molecule has 2 rings (SSSR count). The molecule has 0 aliphatic carbocycles. The number of nitrogens with one attached hydrogen (secondary N) is 1. The Labute approximate surface area is 121 Å². The molecule has 1 aromatic heterocycles. The van der Waals surface area contributed by atoms with Crippen molar-refractivity contribution in [3.05, 3.63) is 54.0 Å². The van der Waals surface area contributed by atoms with E-state index in [4.69, 9.17) is 0 Å². The van der Waals surface area contributed by atoms with Gasteiger partial charge in [0, 0.05) is 6.26 Å². The van der Waals surface area contributed by atoms with Gasteiger partial charge < -0.3 is 5.32 Å². The van der Waals surface area contributed by atoms with Gasteiger partial charge in [0.2, 0.25) is 5.91 Å². The Morgan fingerprint density at radius 1 is 1.29 bits per heavy atom. The minimum atomic E-state index is -3.37. The number of benzene rings is 1. The summed E-state index contributed by atoms with van der Waals surface area (Å²) in [4.78, 5) is 15.6. The molecule has 0 radical (unpaired) electrons. The molecule has 110 valence electrons. The molecule has 1 amide bonds. The third-order valence-corrected chi connectivity index (χ3v) is 3.65. The van der Waals surface area contributed by atoms with Crippen LogP contribution in [0.25, 0.3) is 0 Å². The Morgan fingerprint density at radius 3 is 2.62 bits per heavy atom. The highest BCUT2D eigenvalue weighted by Crippen LogP contribution is 2.11. The Balaban J connectivity index is 2.03. The van der Waals surface area contributed by atoms with Crippen molar-refractivity contribution in [1.82, 2.24) is 4.98 Å². The van der Waals surface area contributed by atoms with Crippen molar-refractivity contribution in [2.24, 2.45) is 0 Å². The van der Waals surface area contributed by atoms with Crippen LogP contribution in [-0.2, 0) is 21.1 Å². The lowest BCUT2D eigenvalue weighted by molar-refractivity contribution is -0.115. The van der Waals surface area contributed by atoms with E-state index in [2.05, 4.69) is 10.3 Å². The van der Waals surface area contributed by atoms with Crippen LogP contribution in [0.4, 0.5) is 10.1 Å². The van der Waals surface area contributed by atoms with Crippen LogP contribution >= 0.6 is 0 Å². The van der Waals surface area contributed by atoms with Crippen molar-refractivity contribution in [3.63, 3.8) is 0 Å². The maximum atomic E-state index is 13.0. The highest BCUT2D eigenvalue weighted by Gasteiger charge is 2.09. The molecule has 7 heteroatoms. The Morgan fingerprint density at radius 2 is 2.05 bits per heavy atom. The number of nitrogens with zero attached hydrogens (tertiary/aromatic N) is 1. The van der Waals surface area contributed by atoms with Crippen molar-refractivity contribution < 1.29 is 17.6 Å². The topological polar surface area (TPSA) is 76.1 Å². The molecule has 0 saturated carbocycles. The summed E-state index contributed by atoms with van der Waals surface area (Å²) in [5.41, 5.74) is 0.928. The number of pyridine rings is 1. The number of aromatic nitrogens is 1. The van der Waals surface area contributed by atoms with Gasteiger partial charge in [-0.15, -0.1) is 0 Å². The smallest absolute Gasteiger partial charge is 0.228 e. The highest BCUT2D eigenvalue weighted by molar-refractivity contribution is 7.90. The second-order valence-corrected chi connectivity index (χ2v) is 6.47. The minimum Gasteiger partial charge on any atom is -0.324 e. The number of sulfone groups is 1. The number of hydrogen-bond donors (Lipinski definition) is 1. The summed E-state index contributed by atoms with van der Waals surface area (Å²) in [6.07, 6.45) is 2.34. The van der Waals surface area contributed by atoms with Gasteiger partial charge in [-0.2, -0.15) is 0 Å². The van der Waals surface area contributed by atoms with Gasteiger partial charge in [-0.25, -0.2) is 17.8 Å². The van der Waals surface area contributed by atoms with E-state index < -0.39 is 15.7 Å². The fourth-order valence-electron chi connectivity index (χ4n) is 1.71. The van der Waals surface area contributed by atoms with Gasteiger partial charge in [0.1, 0.15) is 5.82 Å². The van der Waals surface area contributed by atoms with Gasteiger partial charge in [-0.3, -0.25) is 4.79 Å². The summed E-state index contributed by atoms with van der Waals surface area (Å²) in [5, 5.41) is 2.51. The van der Waals surface area contributed by atoms with E-state index in [1.54, 1.807) is 6.07 Å². The Hall–Kier alpha value is -2.28. The molecule has 21 heavy (non-hydrogen) atoms. The van der Waals surface area contributed by atoms with Gasteiger partial charge in [-0.1, -0.05) is 12.1 Å². The van der Waals surface area contributed by atoms with E-state index in [-0.39, 0.29) is 17.4 Å². The largest absolute Gasteiger partial charge is 0.324 e. The molecule has 2 aromatic rings. The van der Waals surface area contributed by atoms with E-state index in [1.807, 2.05) is 0 Å². The molecule has 0 saturated heterocycles. The number of halogens is 1. The van der Waals surface area contributed by atoms with Crippen LogP contribution in [0.15, 0.2) is 47.6 Å². The fraction of sp³-hybridized carbons (Fsp3) is 0.143. The number of rotatable bonds is 4.